The molecule has 0 aromatic carbocycles. The molecule has 20 nitrogen and oxygen atoms in total. The molecule has 0 radical (unpaired) electrons. The smallest absolute Gasteiger partial charge is 0.245 e. The molecule has 0 bridgehead atoms. The molecule has 7 atom stereocenters. The maximum absolute atomic E-state index is 13.8. The van der Waals surface area contributed by atoms with Gasteiger partial charge in [-0.15, -0.1) is 0 Å². The molecule has 0 aliphatic heterocycles. The molecule has 0 unspecified atom stereocenters. The highest BCUT2D eigenvalue weighted by Gasteiger charge is 2.34. The van der Waals surface area contributed by atoms with Crippen LogP contribution >= 0.6 is 0 Å². The third-order valence-electron chi connectivity index (χ3n) is 7.78. The van der Waals surface area contributed by atoms with E-state index in [1.807, 2.05) is 41.5 Å². The summed E-state index contributed by atoms with van der Waals surface area (Å²) in [4.78, 5) is 106. The first-order valence-electron chi connectivity index (χ1n) is 18.1. The second kappa shape index (κ2) is 25.2. The Labute approximate surface area is 316 Å². The second-order valence-electron chi connectivity index (χ2n) is 14.5. The summed E-state index contributed by atoms with van der Waals surface area (Å²) in [6, 6.07) is -7.50. The predicted octanol–water partition coefficient (Wildman–Crippen LogP) is -3.50. The van der Waals surface area contributed by atoms with Crippen LogP contribution in [0, 0.1) is 17.8 Å². The van der Waals surface area contributed by atoms with E-state index in [9.17, 15) is 43.5 Å². The molecule has 7 amide bonds. The molecule has 0 saturated carbocycles. The zero-order valence-electron chi connectivity index (χ0n) is 32.5. The monoisotopic (exact) mass is 769 g/mol. The molecule has 0 fully saturated rings. The fourth-order valence-corrected chi connectivity index (χ4v) is 5.20. The van der Waals surface area contributed by atoms with Crippen LogP contribution in [0.15, 0.2) is 4.99 Å². The highest BCUT2D eigenvalue weighted by Crippen LogP contribution is 2.12. The lowest BCUT2D eigenvalue weighted by molar-refractivity contribution is -0.136. The number of aliphatic hydroxyl groups is 1. The number of aliphatic imine (C=N–C) groups is 1. The first kappa shape index (κ1) is 49.1. The van der Waals surface area contributed by atoms with E-state index in [2.05, 4.69) is 36.9 Å². The van der Waals surface area contributed by atoms with Crippen molar-refractivity contribution in [3.05, 3.63) is 0 Å². The number of hydrogen-bond acceptors (Lipinski definition) is 11. The van der Waals surface area contributed by atoms with Crippen LogP contribution < -0.4 is 54.8 Å². The molecule has 0 aromatic rings. The first-order valence-corrected chi connectivity index (χ1v) is 18.1. The molecule has 15 N–H and O–H groups in total. The van der Waals surface area contributed by atoms with Crippen molar-refractivity contribution in [3.8, 4) is 0 Å². The van der Waals surface area contributed by atoms with Gasteiger partial charge in [0.05, 0.1) is 25.1 Å². The molecule has 0 aliphatic carbocycles. The minimum Gasteiger partial charge on any atom is -0.391 e. The maximum Gasteiger partial charge on any atom is 0.245 e. The van der Waals surface area contributed by atoms with Gasteiger partial charge >= 0.3 is 0 Å². The molecule has 0 spiro atoms. The number of aliphatic hydroxyl groups excluding tert-OH is 1. The number of nitrogens with zero attached hydrogens (tertiary/aromatic N) is 1. The summed E-state index contributed by atoms with van der Waals surface area (Å²) < 4.78 is 0. The van der Waals surface area contributed by atoms with Gasteiger partial charge in [-0.3, -0.25) is 38.6 Å². The van der Waals surface area contributed by atoms with E-state index in [0.29, 0.717) is 6.29 Å². The Morgan fingerprint density at radius 2 is 1.04 bits per heavy atom. The number of primary amides is 1. The number of carbonyl (C=O) groups excluding carboxylic acids is 8. The van der Waals surface area contributed by atoms with Crippen LogP contribution in [-0.2, 0) is 38.4 Å². The van der Waals surface area contributed by atoms with Crippen molar-refractivity contribution in [2.24, 2.45) is 45.7 Å². The standard InChI is InChI=1S/C34H63N11O9/c1-17(2)13-23(42-29(50)22(9-8-10-40-34(37)38)41-28(49)21(35)16-26(36)48)30(51)43-24(14-18(3)4)31(52)44-25(15-19(5)6)32(53)45-27(20(7)47)33(54)39-11-12-46/h12,17-25,27,47H,8-11,13-16,35H2,1-7H3,(H2,36,48)(H,39,54)(H,41,49)(H,42,50)(H,43,51)(H,44,52)(H,45,53)(H4,37,38,40)/t20-,21+,22+,23+,24+,25+,27+/m1/s1. The SMILES string of the molecule is CC(C)C[C@H](NC(=O)[C@H](CC(C)C)NC(=O)[C@H](CCCN=C(N)N)NC(=O)[C@@H](N)CC(N)=O)C(=O)N[C@@H](CC(C)C)C(=O)N[C@H](C(=O)NCC=O)[C@@H](C)O. The van der Waals surface area contributed by atoms with Gasteiger partial charge < -0.3 is 64.7 Å². The van der Waals surface area contributed by atoms with E-state index >= 15 is 0 Å². The number of amides is 7. The zero-order valence-corrected chi connectivity index (χ0v) is 32.5. The predicted molar refractivity (Wildman–Crippen MR) is 200 cm³/mol. The second-order valence-corrected chi connectivity index (χ2v) is 14.5. The Balaban J connectivity index is 6.29. The normalized spacial score (nSPS) is 15.0. The number of carbonyl (C=O) groups is 8. The fraction of sp³-hybridized carbons (Fsp3) is 0.735. The van der Waals surface area contributed by atoms with Gasteiger partial charge in [0.1, 0.15) is 36.5 Å². The zero-order chi connectivity index (χ0) is 41.7. The van der Waals surface area contributed by atoms with Crippen LogP contribution in [0.3, 0.4) is 0 Å². The van der Waals surface area contributed by atoms with Gasteiger partial charge in [-0.1, -0.05) is 41.5 Å². The Morgan fingerprint density at radius 3 is 1.41 bits per heavy atom. The number of guanidine groups is 1. The van der Waals surface area contributed by atoms with Gasteiger partial charge in [0.25, 0.3) is 0 Å². The van der Waals surface area contributed by atoms with Crippen LogP contribution in [-0.4, -0.2) is 114 Å². The van der Waals surface area contributed by atoms with Crippen LogP contribution in [0.4, 0.5) is 0 Å². The highest BCUT2D eigenvalue weighted by molar-refractivity contribution is 5.97. The Kier molecular flexibility index (Phi) is 23.0. The van der Waals surface area contributed by atoms with Crippen molar-refractivity contribution >= 4 is 53.6 Å². The summed E-state index contributed by atoms with van der Waals surface area (Å²) in [6.07, 6.45) is -0.687. The first-order chi connectivity index (χ1) is 25.1. The lowest BCUT2D eigenvalue weighted by Crippen LogP contribution is -2.60. The van der Waals surface area contributed by atoms with Gasteiger partial charge in [-0.2, -0.15) is 0 Å². The average Bonchev–Trinajstić information content (AvgIpc) is 3.04. The van der Waals surface area contributed by atoms with Crippen LogP contribution in [0.2, 0.25) is 0 Å². The molecule has 0 aromatic heterocycles. The van der Waals surface area contributed by atoms with Gasteiger partial charge in [0.15, 0.2) is 5.96 Å². The van der Waals surface area contributed by atoms with Crippen molar-refractivity contribution < 1.29 is 43.5 Å². The molecule has 0 heterocycles. The average molecular weight is 770 g/mol. The van der Waals surface area contributed by atoms with Gasteiger partial charge in [0.2, 0.25) is 41.4 Å². The van der Waals surface area contributed by atoms with Crippen LogP contribution in [0.25, 0.3) is 0 Å². The van der Waals surface area contributed by atoms with E-state index in [0.717, 1.165) is 0 Å². The van der Waals surface area contributed by atoms with Gasteiger partial charge in [-0.05, 0) is 56.8 Å². The molecule has 0 saturated heterocycles. The van der Waals surface area contributed by atoms with E-state index in [1.165, 1.54) is 6.92 Å². The van der Waals surface area contributed by atoms with Crippen molar-refractivity contribution in [1.82, 2.24) is 31.9 Å². The topological polar surface area (TPSA) is 345 Å². The summed E-state index contributed by atoms with van der Waals surface area (Å²) in [6.45, 7) is 12.0. The summed E-state index contributed by atoms with van der Waals surface area (Å²) in [5, 5.41) is 25.4. The summed E-state index contributed by atoms with van der Waals surface area (Å²) in [5.41, 5.74) is 21.7. The van der Waals surface area contributed by atoms with E-state index in [4.69, 9.17) is 22.9 Å². The Bertz CT molecular complexity index is 1300. The third kappa shape index (κ3) is 20.4. The number of nitrogens with two attached hydrogens (primary N) is 4. The molecule has 0 rings (SSSR count). The minimum atomic E-state index is -1.42. The molecule has 20 heteroatoms. The molecular weight excluding hydrogens is 706 g/mol. The minimum absolute atomic E-state index is 0.0278. The summed E-state index contributed by atoms with van der Waals surface area (Å²) >= 11 is 0. The van der Waals surface area contributed by atoms with Gasteiger partial charge in [-0.25, -0.2) is 0 Å². The highest BCUT2D eigenvalue weighted by atomic mass is 16.3. The van der Waals surface area contributed by atoms with Crippen molar-refractivity contribution in [1.29, 1.82) is 0 Å². The van der Waals surface area contributed by atoms with Crippen molar-refractivity contribution in [3.63, 3.8) is 0 Å². The van der Waals surface area contributed by atoms with Crippen LogP contribution in [0.5, 0.6) is 0 Å². The molecular formula is C34H63N11O9. The molecule has 308 valence electrons. The van der Waals surface area contributed by atoms with E-state index in [-0.39, 0.29) is 68.9 Å². The number of aldehydes is 1. The van der Waals surface area contributed by atoms with Crippen molar-refractivity contribution in [2.75, 3.05) is 13.1 Å². The van der Waals surface area contributed by atoms with Gasteiger partial charge in [0, 0.05) is 6.54 Å². The maximum atomic E-state index is 13.8. The quantitative estimate of drug-likeness (QED) is 0.0177. The third-order valence-corrected chi connectivity index (χ3v) is 7.78. The number of hydrogen-bond donors (Lipinski definition) is 11. The fourth-order valence-electron chi connectivity index (χ4n) is 5.20. The Hall–Kier alpha value is -4.85. The summed E-state index contributed by atoms with van der Waals surface area (Å²) in [7, 11) is 0. The number of nitrogens with one attached hydrogen (secondary N) is 6. The lowest BCUT2D eigenvalue weighted by atomic mass is 9.98. The number of rotatable bonds is 26. The van der Waals surface area contributed by atoms with E-state index < -0.39 is 90.1 Å². The van der Waals surface area contributed by atoms with Crippen LogP contribution in [0.1, 0.15) is 87.0 Å². The van der Waals surface area contributed by atoms with E-state index in [1.54, 1.807) is 0 Å². The van der Waals surface area contributed by atoms with Crippen molar-refractivity contribution in [2.45, 2.75) is 129 Å². The largest absolute Gasteiger partial charge is 0.391 e. The molecule has 54 heavy (non-hydrogen) atoms. The Morgan fingerprint density at radius 1 is 0.630 bits per heavy atom. The summed E-state index contributed by atoms with van der Waals surface area (Å²) in [5.74, 6) is -5.90. The molecule has 0 aliphatic rings. The lowest BCUT2D eigenvalue weighted by Gasteiger charge is -2.29.